The van der Waals surface area contributed by atoms with Gasteiger partial charge in [-0.2, -0.15) is 0 Å². The first kappa shape index (κ1) is 29.8. The quantitative estimate of drug-likeness (QED) is 0.461. The Morgan fingerprint density at radius 2 is 1.31 bits per heavy atom. The molecular formula is C24H50N2. The second-order valence-corrected chi connectivity index (χ2v) is 7.23. The van der Waals surface area contributed by atoms with Crippen molar-refractivity contribution >= 4 is 0 Å². The zero-order chi connectivity index (χ0) is 20.8. The molecule has 2 nitrogen and oxygen atoms in total. The molecule has 0 aliphatic heterocycles. The molecule has 1 atom stereocenters. The predicted octanol–water partition coefficient (Wildman–Crippen LogP) is 8.43. The highest BCUT2D eigenvalue weighted by Crippen LogP contribution is 2.07. The van der Waals surface area contributed by atoms with E-state index in [0.29, 0.717) is 0 Å². The molecule has 0 fully saturated rings. The third-order valence-electron chi connectivity index (χ3n) is 4.00. The molecule has 1 aromatic rings. The summed E-state index contributed by atoms with van der Waals surface area (Å²) >= 11 is 0. The average molecular weight is 367 g/mol. The normalized spacial score (nSPS) is 10.6. The van der Waals surface area contributed by atoms with Crippen LogP contribution in [0.2, 0.25) is 0 Å². The summed E-state index contributed by atoms with van der Waals surface area (Å²) in [5, 5.41) is 0. The summed E-state index contributed by atoms with van der Waals surface area (Å²) in [6.45, 7) is 21.6. The second kappa shape index (κ2) is 24.1. The number of aromatic nitrogens is 2. The summed E-state index contributed by atoms with van der Waals surface area (Å²) in [5.74, 6) is 2.70. The van der Waals surface area contributed by atoms with Gasteiger partial charge in [0.05, 0.1) is 0 Å². The first-order chi connectivity index (χ1) is 12.4. The molecule has 0 aliphatic rings. The Morgan fingerprint density at radius 3 is 1.58 bits per heavy atom. The second-order valence-electron chi connectivity index (χ2n) is 7.23. The summed E-state index contributed by atoms with van der Waals surface area (Å²) in [6, 6.07) is 0. The molecule has 0 aliphatic carbocycles. The van der Waals surface area contributed by atoms with Crippen LogP contribution in [0.1, 0.15) is 119 Å². The van der Waals surface area contributed by atoms with E-state index in [1.54, 1.807) is 0 Å². The molecule has 0 radical (unpaired) electrons. The van der Waals surface area contributed by atoms with Gasteiger partial charge in [0, 0.05) is 12.4 Å². The lowest BCUT2D eigenvalue weighted by Gasteiger charge is -2.02. The Bertz CT molecular complexity index is 344. The maximum atomic E-state index is 4.12. The molecule has 0 saturated carbocycles. The number of rotatable bonds is 8. The SMILES string of the molecule is CC.CCCC(C)C.CCCC(C)CC.CCCCc1cnc(C)nc1. The van der Waals surface area contributed by atoms with E-state index in [2.05, 4.69) is 58.4 Å². The molecule has 1 heterocycles. The Kier molecular flexibility index (Phi) is 27.6. The van der Waals surface area contributed by atoms with E-state index in [-0.39, 0.29) is 0 Å². The summed E-state index contributed by atoms with van der Waals surface area (Å²) < 4.78 is 0. The van der Waals surface area contributed by atoms with Gasteiger partial charge in [0.25, 0.3) is 0 Å². The minimum absolute atomic E-state index is 0.852. The third kappa shape index (κ3) is 25.3. The van der Waals surface area contributed by atoms with Gasteiger partial charge in [-0.25, -0.2) is 9.97 Å². The van der Waals surface area contributed by atoms with E-state index < -0.39 is 0 Å². The molecule has 0 aromatic carbocycles. The third-order valence-corrected chi connectivity index (χ3v) is 4.00. The summed E-state index contributed by atoms with van der Waals surface area (Å²) in [7, 11) is 0. The molecule has 156 valence electrons. The number of aryl methyl sites for hydroxylation is 2. The zero-order valence-corrected chi connectivity index (χ0v) is 19.9. The van der Waals surface area contributed by atoms with E-state index >= 15 is 0 Å². The molecule has 0 N–H and O–H groups in total. The summed E-state index contributed by atoms with van der Waals surface area (Å²) in [4.78, 5) is 8.24. The Labute approximate surface area is 166 Å². The molecule has 0 amide bonds. The van der Waals surface area contributed by atoms with E-state index in [9.17, 15) is 0 Å². The van der Waals surface area contributed by atoms with Crippen LogP contribution in [-0.2, 0) is 6.42 Å². The van der Waals surface area contributed by atoms with Crippen molar-refractivity contribution in [1.82, 2.24) is 9.97 Å². The smallest absolute Gasteiger partial charge is 0.125 e. The maximum absolute atomic E-state index is 4.12. The fourth-order valence-electron chi connectivity index (χ4n) is 2.20. The van der Waals surface area contributed by atoms with E-state index in [1.165, 1.54) is 50.5 Å². The summed E-state index contributed by atoms with van der Waals surface area (Å²) in [6.07, 6.45) is 14.2. The average Bonchev–Trinajstić information content (AvgIpc) is 2.64. The topological polar surface area (TPSA) is 25.8 Å². The summed E-state index contributed by atoms with van der Waals surface area (Å²) in [5.41, 5.74) is 1.25. The van der Waals surface area contributed by atoms with Crippen molar-refractivity contribution in [1.29, 1.82) is 0 Å². The minimum Gasteiger partial charge on any atom is -0.241 e. The van der Waals surface area contributed by atoms with Crippen molar-refractivity contribution in [2.45, 2.75) is 121 Å². The van der Waals surface area contributed by atoms with Crippen molar-refractivity contribution in [3.05, 3.63) is 23.8 Å². The molecule has 26 heavy (non-hydrogen) atoms. The maximum Gasteiger partial charge on any atom is 0.125 e. The molecule has 0 spiro atoms. The van der Waals surface area contributed by atoms with Crippen LogP contribution >= 0.6 is 0 Å². The van der Waals surface area contributed by atoms with Gasteiger partial charge in [0.2, 0.25) is 0 Å². The number of unbranched alkanes of at least 4 members (excludes halogenated alkanes) is 1. The van der Waals surface area contributed by atoms with Crippen LogP contribution in [0.3, 0.4) is 0 Å². The van der Waals surface area contributed by atoms with Crippen LogP contribution in [-0.4, -0.2) is 9.97 Å². The standard InChI is InChI=1S/C9H14N2.C7H16.C6H14.C2H6/c1-3-4-5-9-6-10-8(2)11-7-9;1-4-6-7(3)5-2;1-4-5-6(2)3;1-2/h6-7H,3-5H2,1-2H3;7H,4-6H2,1-3H3;6H,4-5H2,1-3H3;1-2H3. The predicted molar refractivity (Wildman–Crippen MR) is 121 cm³/mol. The van der Waals surface area contributed by atoms with Crippen LogP contribution in [0, 0.1) is 18.8 Å². The van der Waals surface area contributed by atoms with Crippen molar-refractivity contribution in [2.24, 2.45) is 11.8 Å². The van der Waals surface area contributed by atoms with Gasteiger partial charge in [-0.05, 0) is 37.2 Å². The zero-order valence-electron chi connectivity index (χ0n) is 19.9. The Hall–Kier alpha value is -0.920. The fourth-order valence-corrected chi connectivity index (χ4v) is 2.20. The van der Waals surface area contributed by atoms with Crippen LogP contribution < -0.4 is 0 Å². The molecule has 0 saturated heterocycles. The van der Waals surface area contributed by atoms with Crippen LogP contribution in [0.5, 0.6) is 0 Å². The van der Waals surface area contributed by atoms with Gasteiger partial charge >= 0.3 is 0 Å². The number of nitrogens with zero attached hydrogens (tertiary/aromatic N) is 2. The highest BCUT2D eigenvalue weighted by atomic mass is 14.8. The van der Waals surface area contributed by atoms with Gasteiger partial charge in [0.15, 0.2) is 0 Å². The molecular weight excluding hydrogens is 316 g/mol. The Morgan fingerprint density at radius 1 is 0.808 bits per heavy atom. The minimum atomic E-state index is 0.852. The lowest BCUT2D eigenvalue weighted by molar-refractivity contribution is 0.509. The molecule has 1 aromatic heterocycles. The monoisotopic (exact) mass is 366 g/mol. The van der Waals surface area contributed by atoms with Gasteiger partial charge < -0.3 is 0 Å². The largest absolute Gasteiger partial charge is 0.241 e. The van der Waals surface area contributed by atoms with E-state index in [1.807, 2.05) is 33.2 Å². The van der Waals surface area contributed by atoms with Crippen LogP contribution in [0.15, 0.2) is 12.4 Å². The Balaban J connectivity index is -0.000000308. The van der Waals surface area contributed by atoms with Crippen molar-refractivity contribution in [2.75, 3.05) is 0 Å². The fraction of sp³-hybridized carbons (Fsp3) is 0.833. The molecule has 1 rings (SSSR count). The van der Waals surface area contributed by atoms with Crippen LogP contribution in [0.4, 0.5) is 0 Å². The lowest BCUT2D eigenvalue weighted by Crippen LogP contribution is -1.91. The first-order valence-electron chi connectivity index (χ1n) is 11.2. The highest BCUT2D eigenvalue weighted by molar-refractivity contribution is 5.04. The highest BCUT2D eigenvalue weighted by Gasteiger charge is 1.93. The van der Waals surface area contributed by atoms with Crippen molar-refractivity contribution in [3.8, 4) is 0 Å². The lowest BCUT2D eigenvalue weighted by atomic mass is 10.0. The van der Waals surface area contributed by atoms with Crippen molar-refractivity contribution in [3.63, 3.8) is 0 Å². The first-order valence-corrected chi connectivity index (χ1v) is 11.2. The molecule has 1 unspecified atom stereocenters. The number of hydrogen-bond acceptors (Lipinski definition) is 2. The van der Waals surface area contributed by atoms with E-state index in [4.69, 9.17) is 0 Å². The molecule has 2 heteroatoms. The van der Waals surface area contributed by atoms with Gasteiger partial charge in [-0.1, -0.05) is 101 Å². The van der Waals surface area contributed by atoms with Gasteiger partial charge in [-0.15, -0.1) is 0 Å². The molecule has 0 bridgehead atoms. The van der Waals surface area contributed by atoms with Crippen LogP contribution in [0.25, 0.3) is 0 Å². The number of hydrogen-bond donors (Lipinski definition) is 0. The van der Waals surface area contributed by atoms with Gasteiger partial charge in [0.1, 0.15) is 5.82 Å². The van der Waals surface area contributed by atoms with E-state index in [0.717, 1.165) is 24.1 Å². The van der Waals surface area contributed by atoms with Crippen molar-refractivity contribution < 1.29 is 0 Å². The van der Waals surface area contributed by atoms with Gasteiger partial charge in [-0.3, -0.25) is 0 Å².